The van der Waals surface area contributed by atoms with E-state index in [0.29, 0.717) is 18.5 Å². The van der Waals surface area contributed by atoms with Gasteiger partial charge in [0.2, 0.25) is 0 Å². The summed E-state index contributed by atoms with van der Waals surface area (Å²) in [6.45, 7) is 3.95. The van der Waals surface area contributed by atoms with Crippen LogP contribution in [0.1, 0.15) is 13.3 Å². The summed E-state index contributed by atoms with van der Waals surface area (Å²) in [5.41, 5.74) is 5.91. The average molecular weight is 242 g/mol. The van der Waals surface area contributed by atoms with E-state index >= 15 is 0 Å². The maximum atomic E-state index is 5.91. The Morgan fingerprint density at radius 3 is 3.06 bits per heavy atom. The lowest BCUT2D eigenvalue weighted by molar-refractivity contribution is 0.517. The second-order valence-corrected chi connectivity index (χ2v) is 5.02. The number of nitrogens with two attached hydrogens (primary N) is 1. The molecule has 0 spiro atoms. The Balaban J connectivity index is 2.09. The molecule has 2 N–H and O–H groups in total. The zero-order valence-electron chi connectivity index (χ0n) is 10.6. The Morgan fingerprint density at radius 1 is 1.39 bits per heavy atom. The van der Waals surface area contributed by atoms with Crippen molar-refractivity contribution in [3.05, 3.63) is 30.5 Å². The molecule has 0 aliphatic carbocycles. The molecule has 1 saturated heterocycles. The second kappa shape index (κ2) is 4.53. The molecule has 1 aromatic heterocycles. The molecule has 0 radical (unpaired) electrons. The minimum atomic E-state index is 0.380. The lowest BCUT2D eigenvalue weighted by Gasteiger charge is -2.27. The summed E-state index contributed by atoms with van der Waals surface area (Å²) >= 11 is 0. The Labute approximate surface area is 107 Å². The third kappa shape index (κ3) is 1.73. The number of nitrogens with zero attached hydrogens (tertiary/aromatic N) is 3. The van der Waals surface area contributed by atoms with Gasteiger partial charge in [-0.1, -0.05) is 31.2 Å². The first kappa shape index (κ1) is 11.4. The SMILES string of the molecule is CC1CCN(c2nncc3ccccc23)C1CN. The number of hydrogen-bond acceptors (Lipinski definition) is 4. The van der Waals surface area contributed by atoms with Gasteiger partial charge >= 0.3 is 0 Å². The fourth-order valence-corrected chi connectivity index (χ4v) is 2.86. The number of aromatic nitrogens is 2. The van der Waals surface area contributed by atoms with E-state index in [1.165, 1.54) is 11.8 Å². The number of fused-ring (bicyclic) bond motifs is 1. The minimum Gasteiger partial charge on any atom is -0.350 e. The fourth-order valence-electron chi connectivity index (χ4n) is 2.86. The van der Waals surface area contributed by atoms with E-state index in [9.17, 15) is 0 Å². The van der Waals surface area contributed by atoms with Gasteiger partial charge in [-0.2, -0.15) is 5.10 Å². The molecule has 3 rings (SSSR count). The highest BCUT2D eigenvalue weighted by Gasteiger charge is 2.31. The molecule has 2 unspecified atom stereocenters. The molecular formula is C14H18N4. The summed E-state index contributed by atoms with van der Waals surface area (Å²) in [5, 5.41) is 10.8. The third-order valence-corrected chi connectivity index (χ3v) is 3.95. The summed E-state index contributed by atoms with van der Waals surface area (Å²) in [5.74, 6) is 1.60. The molecule has 2 heterocycles. The normalized spacial score (nSPS) is 23.8. The molecule has 2 atom stereocenters. The van der Waals surface area contributed by atoms with Crippen molar-refractivity contribution in [3.63, 3.8) is 0 Å². The van der Waals surface area contributed by atoms with E-state index < -0.39 is 0 Å². The van der Waals surface area contributed by atoms with E-state index in [2.05, 4.69) is 34.2 Å². The van der Waals surface area contributed by atoms with E-state index in [1.807, 2.05) is 18.3 Å². The van der Waals surface area contributed by atoms with Crippen LogP contribution in [-0.2, 0) is 0 Å². The molecule has 0 saturated carbocycles. The van der Waals surface area contributed by atoms with Gasteiger partial charge in [0, 0.05) is 29.9 Å². The van der Waals surface area contributed by atoms with Gasteiger partial charge in [-0.3, -0.25) is 0 Å². The van der Waals surface area contributed by atoms with Gasteiger partial charge < -0.3 is 10.6 Å². The van der Waals surface area contributed by atoms with Crippen molar-refractivity contribution >= 4 is 16.6 Å². The molecule has 0 amide bonds. The van der Waals surface area contributed by atoms with Gasteiger partial charge in [0.25, 0.3) is 0 Å². The summed E-state index contributed by atoms with van der Waals surface area (Å²) in [7, 11) is 0. The molecule has 0 bridgehead atoms. The first-order valence-corrected chi connectivity index (χ1v) is 6.48. The first-order chi connectivity index (χ1) is 8.81. The lowest BCUT2D eigenvalue weighted by atomic mass is 10.0. The average Bonchev–Trinajstić information content (AvgIpc) is 2.79. The van der Waals surface area contributed by atoms with Gasteiger partial charge in [0.1, 0.15) is 0 Å². The molecule has 2 aromatic rings. The number of rotatable bonds is 2. The minimum absolute atomic E-state index is 0.380. The molecule has 1 aromatic carbocycles. The van der Waals surface area contributed by atoms with Crippen LogP contribution in [-0.4, -0.2) is 29.3 Å². The lowest BCUT2D eigenvalue weighted by Crippen LogP contribution is -2.39. The molecule has 4 heteroatoms. The van der Waals surface area contributed by atoms with E-state index in [1.54, 1.807) is 0 Å². The van der Waals surface area contributed by atoms with Gasteiger partial charge in [0.15, 0.2) is 5.82 Å². The van der Waals surface area contributed by atoms with Gasteiger partial charge in [-0.05, 0) is 12.3 Å². The zero-order valence-corrected chi connectivity index (χ0v) is 10.6. The van der Waals surface area contributed by atoms with Gasteiger partial charge in [-0.25, -0.2) is 0 Å². The quantitative estimate of drug-likeness (QED) is 0.872. The predicted molar refractivity (Wildman–Crippen MR) is 73.5 cm³/mol. The highest BCUT2D eigenvalue weighted by molar-refractivity contribution is 5.91. The molecule has 18 heavy (non-hydrogen) atoms. The van der Waals surface area contributed by atoms with Crippen molar-refractivity contribution < 1.29 is 0 Å². The van der Waals surface area contributed by atoms with Crippen molar-refractivity contribution in [3.8, 4) is 0 Å². The number of benzene rings is 1. The second-order valence-electron chi connectivity index (χ2n) is 5.02. The Hall–Kier alpha value is -1.68. The van der Waals surface area contributed by atoms with Crippen LogP contribution in [0.25, 0.3) is 10.8 Å². The van der Waals surface area contributed by atoms with Crippen molar-refractivity contribution in [2.45, 2.75) is 19.4 Å². The monoisotopic (exact) mass is 242 g/mol. The Kier molecular flexibility index (Phi) is 2.88. The highest BCUT2D eigenvalue weighted by atomic mass is 15.3. The molecule has 1 aliphatic rings. The maximum Gasteiger partial charge on any atom is 0.159 e. The maximum absolute atomic E-state index is 5.91. The van der Waals surface area contributed by atoms with Crippen molar-refractivity contribution in [1.82, 2.24) is 10.2 Å². The van der Waals surface area contributed by atoms with Gasteiger partial charge in [-0.15, -0.1) is 5.10 Å². The van der Waals surface area contributed by atoms with Crippen LogP contribution in [0, 0.1) is 5.92 Å². The fraction of sp³-hybridized carbons (Fsp3) is 0.429. The first-order valence-electron chi connectivity index (χ1n) is 6.48. The van der Waals surface area contributed by atoms with Crippen molar-refractivity contribution in [1.29, 1.82) is 0 Å². The number of hydrogen-bond donors (Lipinski definition) is 1. The van der Waals surface area contributed by atoms with Crippen LogP contribution in [0.3, 0.4) is 0 Å². The van der Waals surface area contributed by atoms with Crippen LogP contribution in [0.15, 0.2) is 30.5 Å². The molecule has 94 valence electrons. The zero-order chi connectivity index (χ0) is 12.5. The van der Waals surface area contributed by atoms with E-state index in [4.69, 9.17) is 5.73 Å². The third-order valence-electron chi connectivity index (χ3n) is 3.95. The summed E-state index contributed by atoms with van der Waals surface area (Å²) in [6.07, 6.45) is 2.99. The van der Waals surface area contributed by atoms with Crippen LogP contribution in [0.2, 0.25) is 0 Å². The molecule has 1 aliphatic heterocycles. The molecule has 4 nitrogen and oxygen atoms in total. The summed E-state index contributed by atoms with van der Waals surface area (Å²) in [4.78, 5) is 2.32. The Bertz CT molecular complexity index is 549. The highest BCUT2D eigenvalue weighted by Crippen LogP contribution is 2.31. The number of anilines is 1. The molecular weight excluding hydrogens is 224 g/mol. The van der Waals surface area contributed by atoms with Crippen LogP contribution >= 0.6 is 0 Å². The summed E-state index contributed by atoms with van der Waals surface area (Å²) in [6, 6.07) is 8.64. The van der Waals surface area contributed by atoms with Crippen molar-refractivity contribution in [2.75, 3.05) is 18.0 Å². The Morgan fingerprint density at radius 2 is 2.22 bits per heavy atom. The molecule has 1 fully saturated rings. The van der Waals surface area contributed by atoms with E-state index in [0.717, 1.165) is 17.7 Å². The van der Waals surface area contributed by atoms with E-state index in [-0.39, 0.29) is 0 Å². The van der Waals surface area contributed by atoms with Crippen LogP contribution in [0.5, 0.6) is 0 Å². The van der Waals surface area contributed by atoms with Crippen molar-refractivity contribution in [2.24, 2.45) is 11.7 Å². The van der Waals surface area contributed by atoms with Gasteiger partial charge in [0.05, 0.1) is 6.20 Å². The smallest absolute Gasteiger partial charge is 0.159 e. The predicted octanol–water partition coefficient (Wildman–Crippen LogP) is 1.80. The van der Waals surface area contributed by atoms with Crippen LogP contribution < -0.4 is 10.6 Å². The summed E-state index contributed by atoms with van der Waals surface area (Å²) < 4.78 is 0. The standard InChI is InChI=1S/C14H18N4/c1-10-6-7-18(13(10)8-15)14-12-5-3-2-4-11(12)9-16-17-14/h2-5,9-10,13H,6-8,15H2,1H3. The largest absolute Gasteiger partial charge is 0.350 e. The van der Waals surface area contributed by atoms with Crippen LogP contribution in [0.4, 0.5) is 5.82 Å². The topological polar surface area (TPSA) is 55.0 Å².